The van der Waals surface area contributed by atoms with E-state index in [1.807, 2.05) is 43.3 Å². The summed E-state index contributed by atoms with van der Waals surface area (Å²) in [5.41, 5.74) is 2.56. The van der Waals surface area contributed by atoms with Gasteiger partial charge in [0.25, 0.3) is 11.5 Å². The number of ether oxygens (including phenoxy) is 2. The number of nitrogens with zero attached hydrogens (tertiary/aromatic N) is 4. The van der Waals surface area contributed by atoms with Crippen LogP contribution >= 0.6 is 0 Å². The Bertz CT molecular complexity index is 1290. The number of fused-ring (bicyclic) bond motifs is 1. The van der Waals surface area contributed by atoms with Crippen molar-refractivity contribution in [2.24, 2.45) is 0 Å². The number of carbonyl (C=O) groups is 2. The van der Waals surface area contributed by atoms with Crippen molar-refractivity contribution in [3.05, 3.63) is 87.6 Å². The van der Waals surface area contributed by atoms with Gasteiger partial charge >= 0.3 is 5.97 Å². The number of rotatable bonds is 6. The lowest BCUT2D eigenvalue weighted by Crippen LogP contribution is -2.34. The number of anilines is 1. The van der Waals surface area contributed by atoms with E-state index in [4.69, 9.17) is 9.47 Å². The van der Waals surface area contributed by atoms with Gasteiger partial charge in [0.1, 0.15) is 17.9 Å². The van der Waals surface area contributed by atoms with Crippen LogP contribution in [-0.4, -0.2) is 60.6 Å². The normalized spacial score (nSPS) is 12.9. The highest BCUT2D eigenvalue weighted by Crippen LogP contribution is 2.25. The summed E-state index contributed by atoms with van der Waals surface area (Å²) in [6, 6.07) is 14.1. The van der Waals surface area contributed by atoms with Crippen LogP contribution in [0.1, 0.15) is 32.1 Å². The molecule has 0 atom stereocenters. The molecule has 0 bridgehead atoms. The van der Waals surface area contributed by atoms with Crippen molar-refractivity contribution in [2.75, 3.05) is 39.2 Å². The first-order chi connectivity index (χ1) is 16.9. The zero-order valence-corrected chi connectivity index (χ0v) is 20.1. The molecule has 0 spiro atoms. The Balaban J connectivity index is 1.63. The summed E-state index contributed by atoms with van der Waals surface area (Å²) in [6.07, 6.45) is 1.95. The van der Waals surface area contributed by atoms with Gasteiger partial charge in [0.05, 0.1) is 12.8 Å². The third-order valence-electron chi connectivity index (χ3n) is 5.98. The first-order valence-electron chi connectivity index (χ1n) is 11.3. The number of esters is 1. The molecule has 2 aromatic heterocycles. The van der Waals surface area contributed by atoms with Crippen LogP contribution in [0.25, 0.3) is 0 Å². The lowest BCUT2D eigenvalue weighted by molar-refractivity contribution is 0.0592. The molecule has 9 heteroatoms. The number of benzene rings is 1. The summed E-state index contributed by atoms with van der Waals surface area (Å²) in [4.78, 5) is 46.9. The number of hydrogen-bond acceptors (Lipinski definition) is 7. The molecule has 1 aliphatic rings. The number of carbonyl (C=O) groups excluding carboxylic acids is 2. The van der Waals surface area contributed by atoms with Gasteiger partial charge in [0.2, 0.25) is 0 Å². The van der Waals surface area contributed by atoms with Crippen molar-refractivity contribution in [3.63, 3.8) is 0 Å². The minimum absolute atomic E-state index is 0.0978. The summed E-state index contributed by atoms with van der Waals surface area (Å²) in [7, 11) is 5.12. The van der Waals surface area contributed by atoms with Crippen LogP contribution in [0.2, 0.25) is 0 Å². The first-order valence-corrected chi connectivity index (χ1v) is 11.3. The number of methoxy groups -OCH3 is 1. The molecular weight excluding hydrogens is 448 g/mol. The van der Waals surface area contributed by atoms with E-state index in [9.17, 15) is 14.4 Å². The van der Waals surface area contributed by atoms with E-state index < -0.39 is 5.97 Å². The highest BCUT2D eigenvalue weighted by Gasteiger charge is 2.28. The molecular formula is C26H28N4O5. The monoisotopic (exact) mass is 476 g/mol. The topological polar surface area (TPSA) is 94.0 Å². The van der Waals surface area contributed by atoms with Gasteiger partial charge in [-0.05, 0) is 30.3 Å². The van der Waals surface area contributed by atoms with Gasteiger partial charge in [0.15, 0.2) is 0 Å². The summed E-state index contributed by atoms with van der Waals surface area (Å²) in [5.74, 6) is -0.568. The van der Waals surface area contributed by atoms with E-state index in [-0.39, 0.29) is 35.9 Å². The maximum atomic E-state index is 13.3. The molecule has 1 aromatic carbocycles. The highest BCUT2D eigenvalue weighted by molar-refractivity contribution is 5.95. The average Bonchev–Trinajstić information content (AvgIpc) is 3.11. The van der Waals surface area contributed by atoms with Crippen LogP contribution in [0.3, 0.4) is 0 Å². The Labute approximate surface area is 203 Å². The fourth-order valence-electron chi connectivity index (χ4n) is 4.12. The van der Waals surface area contributed by atoms with Crippen molar-refractivity contribution in [1.29, 1.82) is 0 Å². The molecule has 0 unspecified atom stereocenters. The molecule has 3 heterocycles. The second-order valence-electron chi connectivity index (χ2n) is 8.41. The van der Waals surface area contributed by atoms with E-state index in [1.165, 1.54) is 17.7 Å². The predicted molar refractivity (Wildman–Crippen MR) is 131 cm³/mol. The molecule has 4 rings (SSSR count). The van der Waals surface area contributed by atoms with Gasteiger partial charge in [-0.2, -0.15) is 0 Å². The number of hydrogen-bond donors (Lipinski definition) is 0. The molecule has 0 fully saturated rings. The Kier molecular flexibility index (Phi) is 7.14. The molecule has 1 aliphatic heterocycles. The van der Waals surface area contributed by atoms with Crippen molar-refractivity contribution >= 4 is 17.6 Å². The zero-order chi connectivity index (χ0) is 24.9. The van der Waals surface area contributed by atoms with Crippen LogP contribution in [-0.2, 0) is 24.3 Å². The van der Waals surface area contributed by atoms with Gasteiger partial charge in [-0.25, -0.2) is 4.79 Å². The third kappa shape index (κ3) is 5.18. The van der Waals surface area contributed by atoms with Gasteiger partial charge in [0, 0.05) is 69.4 Å². The molecule has 3 aromatic rings. The first kappa shape index (κ1) is 24.0. The smallest absolute Gasteiger partial charge is 0.343 e. The quantitative estimate of drug-likeness (QED) is 0.504. The Morgan fingerprint density at radius 2 is 1.89 bits per heavy atom. The standard InChI is InChI=1S/C26H28N4O5/c1-28(2)20-9-6-7-18(15-20)25(32)29-12-10-21-24(26(33)34-3)22(16-23(31)30(21)14-13-29)35-17-19-8-4-5-11-27-19/h4-9,11,15-16H,10,12-14,17H2,1-3H3. The number of amides is 1. The lowest BCUT2D eigenvalue weighted by atomic mass is 10.1. The van der Waals surface area contributed by atoms with Gasteiger partial charge in [-0.3, -0.25) is 14.6 Å². The second-order valence-corrected chi connectivity index (χ2v) is 8.41. The van der Waals surface area contributed by atoms with Crippen LogP contribution in [0.4, 0.5) is 5.69 Å². The summed E-state index contributed by atoms with van der Waals surface area (Å²) in [6.45, 7) is 1.04. The molecule has 35 heavy (non-hydrogen) atoms. The van der Waals surface area contributed by atoms with E-state index in [0.717, 1.165) is 5.69 Å². The summed E-state index contributed by atoms with van der Waals surface area (Å²) >= 11 is 0. The SMILES string of the molecule is COC(=O)c1c(OCc2ccccn2)cc(=O)n2c1CCN(C(=O)c1cccc(N(C)C)c1)CC2. The summed E-state index contributed by atoms with van der Waals surface area (Å²) in [5, 5.41) is 0. The molecule has 0 radical (unpaired) electrons. The molecule has 0 saturated carbocycles. The van der Waals surface area contributed by atoms with Crippen LogP contribution in [0, 0.1) is 0 Å². The van der Waals surface area contributed by atoms with Crippen LogP contribution in [0.5, 0.6) is 5.75 Å². The van der Waals surface area contributed by atoms with Crippen molar-refractivity contribution in [3.8, 4) is 5.75 Å². The van der Waals surface area contributed by atoms with E-state index in [0.29, 0.717) is 36.5 Å². The van der Waals surface area contributed by atoms with Crippen LogP contribution in [0.15, 0.2) is 59.5 Å². The Morgan fingerprint density at radius 3 is 2.60 bits per heavy atom. The van der Waals surface area contributed by atoms with Crippen molar-refractivity contribution in [2.45, 2.75) is 19.6 Å². The van der Waals surface area contributed by atoms with Crippen molar-refractivity contribution in [1.82, 2.24) is 14.5 Å². The van der Waals surface area contributed by atoms with Crippen LogP contribution < -0.4 is 15.2 Å². The largest absolute Gasteiger partial charge is 0.486 e. The van der Waals surface area contributed by atoms with E-state index in [1.54, 1.807) is 29.3 Å². The van der Waals surface area contributed by atoms with E-state index >= 15 is 0 Å². The lowest BCUT2D eigenvalue weighted by Gasteiger charge is -2.21. The van der Waals surface area contributed by atoms with Gasteiger partial charge < -0.3 is 23.8 Å². The Hall–Kier alpha value is -4.14. The molecule has 1 amide bonds. The molecule has 0 aliphatic carbocycles. The fraction of sp³-hybridized carbons (Fsp3) is 0.308. The molecule has 0 N–H and O–H groups in total. The second kappa shape index (κ2) is 10.4. The van der Waals surface area contributed by atoms with Gasteiger partial charge in [-0.1, -0.05) is 12.1 Å². The number of aromatic nitrogens is 2. The van der Waals surface area contributed by atoms with Gasteiger partial charge in [-0.15, -0.1) is 0 Å². The number of pyridine rings is 2. The van der Waals surface area contributed by atoms with E-state index in [2.05, 4.69) is 4.98 Å². The molecule has 182 valence electrons. The molecule has 9 nitrogen and oxygen atoms in total. The fourth-order valence-corrected chi connectivity index (χ4v) is 4.12. The minimum Gasteiger partial charge on any atom is -0.486 e. The molecule has 0 saturated heterocycles. The third-order valence-corrected chi connectivity index (χ3v) is 5.98. The zero-order valence-electron chi connectivity index (χ0n) is 20.1. The summed E-state index contributed by atoms with van der Waals surface area (Å²) < 4.78 is 12.4. The van der Waals surface area contributed by atoms with Crippen molar-refractivity contribution < 1.29 is 19.1 Å². The minimum atomic E-state index is -0.594. The Morgan fingerprint density at radius 1 is 1.06 bits per heavy atom. The maximum absolute atomic E-state index is 13.3. The predicted octanol–water partition coefficient (Wildman–Crippen LogP) is 2.37. The highest BCUT2D eigenvalue weighted by atomic mass is 16.5. The average molecular weight is 477 g/mol. The maximum Gasteiger partial charge on any atom is 0.343 e.